The first kappa shape index (κ1) is 11.7. The van der Waals surface area contributed by atoms with Gasteiger partial charge in [0.2, 0.25) is 0 Å². The molecule has 1 rings (SSSR count). The molecule has 0 aliphatic carbocycles. The highest BCUT2D eigenvalue weighted by atomic mass is 31.2. The minimum atomic E-state index is -4.08. The van der Waals surface area contributed by atoms with Gasteiger partial charge in [-0.25, -0.2) is 0 Å². The van der Waals surface area contributed by atoms with Crippen molar-refractivity contribution >= 4 is 13.6 Å². The summed E-state index contributed by atoms with van der Waals surface area (Å²) < 4.78 is 15.6. The maximum atomic E-state index is 11.2. The zero-order chi connectivity index (χ0) is 10.8. The lowest BCUT2D eigenvalue weighted by Gasteiger charge is -2.10. The summed E-state index contributed by atoms with van der Waals surface area (Å²) in [6, 6.07) is -0.576. The summed E-state index contributed by atoms with van der Waals surface area (Å²) >= 11 is 0. The number of carbonyl (C=O) groups excluding carboxylic acids is 1. The summed E-state index contributed by atoms with van der Waals surface area (Å²) in [5.41, 5.74) is -0.767. The van der Waals surface area contributed by atoms with Crippen LogP contribution in [0.2, 0.25) is 0 Å². The van der Waals surface area contributed by atoms with Gasteiger partial charge >= 0.3 is 13.6 Å². The van der Waals surface area contributed by atoms with E-state index in [9.17, 15) is 9.36 Å². The van der Waals surface area contributed by atoms with E-state index in [-0.39, 0.29) is 19.6 Å². The van der Waals surface area contributed by atoms with Crippen LogP contribution in [-0.2, 0) is 14.1 Å². The molecule has 2 unspecified atom stereocenters. The molecule has 0 saturated carbocycles. The lowest BCUT2D eigenvalue weighted by molar-refractivity contribution is -0.145. The van der Waals surface area contributed by atoms with Crippen molar-refractivity contribution in [1.29, 1.82) is 0 Å². The molecule has 82 valence electrons. The van der Waals surface area contributed by atoms with Gasteiger partial charge in [0.25, 0.3) is 0 Å². The van der Waals surface area contributed by atoms with E-state index in [0.717, 1.165) is 0 Å². The van der Waals surface area contributed by atoms with E-state index in [0.29, 0.717) is 0 Å². The largest absolute Gasteiger partial charge is 0.465 e. The molecule has 2 atom stereocenters. The maximum Gasteiger partial charge on any atom is 0.329 e. The minimum Gasteiger partial charge on any atom is -0.465 e. The molecule has 0 aromatic rings. The average molecular weight is 223 g/mol. The van der Waals surface area contributed by atoms with E-state index < -0.39 is 25.3 Å². The van der Waals surface area contributed by atoms with Crippen molar-refractivity contribution in [3.05, 3.63) is 0 Å². The summed E-state index contributed by atoms with van der Waals surface area (Å²) in [6.07, 6.45) is 0.142. The fourth-order valence-corrected chi connectivity index (χ4v) is 2.22. The monoisotopic (exact) mass is 223 g/mol. The maximum absolute atomic E-state index is 11.2. The quantitative estimate of drug-likeness (QED) is 0.439. The first-order valence-electron chi connectivity index (χ1n) is 4.40. The van der Waals surface area contributed by atoms with Gasteiger partial charge in [-0.05, 0) is 13.3 Å². The molecule has 1 heterocycles. The van der Waals surface area contributed by atoms with Crippen molar-refractivity contribution in [3.8, 4) is 0 Å². The average Bonchev–Trinajstić information content (AvgIpc) is 2.51. The van der Waals surface area contributed by atoms with Crippen LogP contribution in [-0.4, -0.2) is 40.6 Å². The van der Waals surface area contributed by atoms with Crippen LogP contribution in [0, 0.1) is 0 Å². The third-order valence-corrected chi connectivity index (χ3v) is 3.50. The van der Waals surface area contributed by atoms with Crippen LogP contribution in [0.4, 0.5) is 0 Å². The zero-order valence-corrected chi connectivity index (χ0v) is 8.74. The van der Waals surface area contributed by atoms with E-state index >= 15 is 0 Å². The summed E-state index contributed by atoms with van der Waals surface area (Å²) in [5, 5.41) is 2.73. The first-order valence-corrected chi connectivity index (χ1v) is 6.08. The Morgan fingerprint density at radius 3 is 2.71 bits per heavy atom. The van der Waals surface area contributed by atoms with Gasteiger partial charge in [-0.15, -0.1) is 0 Å². The Hall–Kier alpha value is -0.420. The molecular formula is C7H14NO5P. The van der Waals surface area contributed by atoms with Crippen molar-refractivity contribution < 1.29 is 23.9 Å². The predicted molar refractivity (Wildman–Crippen MR) is 48.9 cm³/mol. The van der Waals surface area contributed by atoms with E-state index in [2.05, 4.69) is 5.32 Å². The van der Waals surface area contributed by atoms with Gasteiger partial charge in [-0.3, -0.25) is 9.36 Å². The van der Waals surface area contributed by atoms with Crippen molar-refractivity contribution in [3.63, 3.8) is 0 Å². The number of hydrogen-bond donors (Lipinski definition) is 3. The molecule has 1 aliphatic heterocycles. The molecular weight excluding hydrogens is 209 g/mol. The number of nitrogens with one attached hydrogen (secondary N) is 1. The topological polar surface area (TPSA) is 95.9 Å². The second-order valence-corrected chi connectivity index (χ2v) is 5.10. The third kappa shape index (κ3) is 2.78. The number of hydrogen-bond acceptors (Lipinski definition) is 4. The van der Waals surface area contributed by atoms with Crippen LogP contribution in [0.5, 0.6) is 0 Å². The lowest BCUT2D eigenvalue weighted by atomic mass is 10.2. The molecule has 3 N–H and O–H groups in total. The number of carbonyl (C=O) groups is 1. The fourth-order valence-electron chi connectivity index (χ4n) is 1.40. The van der Waals surface area contributed by atoms with Crippen LogP contribution in [0.25, 0.3) is 0 Å². The van der Waals surface area contributed by atoms with E-state index in [1.807, 2.05) is 0 Å². The van der Waals surface area contributed by atoms with Crippen molar-refractivity contribution in [2.24, 2.45) is 0 Å². The summed E-state index contributed by atoms with van der Waals surface area (Å²) in [6.45, 7) is 2.12. The molecule has 1 saturated heterocycles. The normalized spacial score (nSPS) is 27.6. The molecule has 7 heteroatoms. The molecule has 0 spiro atoms. The van der Waals surface area contributed by atoms with E-state index in [1.165, 1.54) is 0 Å². The lowest BCUT2D eigenvalue weighted by Crippen LogP contribution is -2.32. The van der Waals surface area contributed by atoms with Crippen LogP contribution in [0.15, 0.2) is 0 Å². The van der Waals surface area contributed by atoms with Crippen molar-refractivity contribution in [2.75, 3.05) is 13.2 Å². The molecule has 6 nitrogen and oxygen atoms in total. The Bertz CT molecular complexity index is 263. The van der Waals surface area contributed by atoms with E-state index in [1.54, 1.807) is 6.92 Å². The Balaban J connectivity index is 2.49. The predicted octanol–water partition coefficient (Wildman–Crippen LogP) is -0.542. The van der Waals surface area contributed by atoms with Gasteiger partial charge in [-0.1, -0.05) is 0 Å². The highest BCUT2D eigenvalue weighted by Crippen LogP contribution is 2.44. The summed E-state index contributed by atoms with van der Waals surface area (Å²) in [4.78, 5) is 28.9. The van der Waals surface area contributed by atoms with Gasteiger partial charge in [0.05, 0.1) is 12.3 Å². The Morgan fingerprint density at radius 1 is 1.64 bits per heavy atom. The molecule has 1 aliphatic rings. The van der Waals surface area contributed by atoms with E-state index in [4.69, 9.17) is 14.5 Å². The molecule has 0 amide bonds. The number of rotatable bonds is 3. The highest BCUT2D eigenvalue weighted by Gasteiger charge is 2.39. The zero-order valence-electron chi connectivity index (χ0n) is 7.84. The Kier molecular flexibility index (Phi) is 3.66. The van der Waals surface area contributed by atoms with Crippen LogP contribution in [0.3, 0.4) is 0 Å². The third-order valence-electron chi connectivity index (χ3n) is 2.15. The van der Waals surface area contributed by atoms with Gasteiger partial charge < -0.3 is 19.8 Å². The molecule has 14 heavy (non-hydrogen) atoms. The van der Waals surface area contributed by atoms with Gasteiger partial charge in [-0.2, -0.15) is 0 Å². The summed E-state index contributed by atoms with van der Waals surface area (Å²) in [7, 11) is -4.08. The smallest absolute Gasteiger partial charge is 0.329 e. The first-order chi connectivity index (χ1) is 6.45. The summed E-state index contributed by atoms with van der Waals surface area (Å²) in [5.74, 6) is -0.441. The minimum absolute atomic E-state index is 0.142. The van der Waals surface area contributed by atoms with Gasteiger partial charge in [0.1, 0.15) is 6.04 Å². The second kappa shape index (κ2) is 4.40. The Morgan fingerprint density at radius 2 is 2.29 bits per heavy atom. The van der Waals surface area contributed by atoms with Gasteiger partial charge in [0.15, 0.2) is 0 Å². The molecule has 1 fully saturated rings. The highest BCUT2D eigenvalue weighted by molar-refractivity contribution is 7.52. The standard InChI is InChI=1S/C7H14NO5P/c1-2-13-7(9)6-3-5(4-8-6)14(10,11)12/h5-6,8H,2-4H2,1H3,(H2,10,11,12). The second-order valence-electron chi connectivity index (χ2n) is 3.19. The number of ether oxygens (including phenoxy) is 1. The molecule has 0 bridgehead atoms. The number of esters is 1. The molecule has 0 aromatic carbocycles. The van der Waals surface area contributed by atoms with Gasteiger partial charge in [0, 0.05) is 6.54 Å². The van der Waals surface area contributed by atoms with Crippen molar-refractivity contribution in [2.45, 2.75) is 25.0 Å². The SMILES string of the molecule is CCOC(=O)C1CC(P(=O)(O)O)CN1. The fraction of sp³-hybridized carbons (Fsp3) is 0.857. The molecule has 0 radical (unpaired) electrons. The van der Waals surface area contributed by atoms with Crippen LogP contribution >= 0.6 is 7.60 Å². The molecule has 0 aromatic heterocycles. The van der Waals surface area contributed by atoms with Crippen LogP contribution < -0.4 is 5.32 Å². The van der Waals surface area contributed by atoms with Crippen molar-refractivity contribution in [1.82, 2.24) is 5.32 Å². The Labute approximate surface area is 81.8 Å². The van der Waals surface area contributed by atoms with Crippen LogP contribution in [0.1, 0.15) is 13.3 Å².